The van der Waals surface area contributed by atoms with Crippen molar-refractivity contribution in [1.29, 1.82) is 0 Å². The second-order valence-corrected chi connectivity index (χ2v) is 4.92. The Bertz CT molecular complexity index is 296. The van der Waals surface area contributed by atoms with E-state index in [1.807, 2.05) is 0 Å². The van der Waals surface area contributed by atoms with Crippen molar-refractivity contribution in [2.45, 2.75) is 50.6 Å². The van der Waals surface area contributed by atoms with Gasteiger partial charge in [0, 0.05) is 32.1 Å². The number of carboxylic acid groups (broad SMARTS) is 1. The van der Waals surface area contributed by atoms with E-state index in [0.717, 1.165) is 25.7 Å². The third-order valence-corrected chi connectivity index (χ3v) is 3.36. The number of carbonyl (C=O) groups excluding carboxylic acids is 1. The van der Waals surface area contributed by atoms with Crippen molar-refractivity contribution in [3.05, 3.63) is 0 Å². The topological polar surface area (TPSA) is 95.7 Å². The smallest absolute Gasteiger partial charge is 0.317 e. The van der Waals surface area contributed by atoms with E-state index in [0.29, 0.717) is 13.0 Å². The Morgan fingerprint density at radius 2 is 2.06 bits per heavy atom. The van der Waals surface area contributed by atoms with Crippen molar-refractivity contribution in [1.82, 2.24) is 10.2 Å². The van der Waals surface area contributed by atoms with Gasteiger partial charge in [-0.15, -0.1) is 0 Å². The van der Waals surface area contributed by atoms with E-state index in [2.05, 4.69) is 5.32 Å². The number of aliphatic carboxylic acids is 1. The van der Waals surface area contributed by atoms with E-state index in [-0.39, 0.29) is 24.5 Å². The molecule has 1 aliphatic carbocycles. The summed E-state index contributed by atoms with van der Waals surface area (Å²) in [5, 5.41) is 11.4. The minimum atomic E-state index is -0.835. The van der Waals surface area contributed by atoms with E-state index in [1.165, 1.54) is 4.90 Å². The molecular formula is C12H23N3O3. The van der Waals surface area contributed by atoms with Gasteiger partial charge >= 0.3 is 12.0 Å². The van der Waals surface area contributed by atoms with Crippen LogP contribution in [-0.4, -0.2) is 47.7 Å². The van der Waals surface area contributed by atoms with Gasteiger partial charge in [-0.25, -0.2) is 4.79 Å². The zero-order valence-electron chi connectivity index (χ0n) is 10.9. The molecule has 4 N–H and O–H groups in total. The molecule has 0 saturated heterocycles. The molecule has 0 aromatic rings. The summed E-state index contributed by atoms with van der Waals surface area (Å²) in [6, 6.07) is -0.0777. The molecule has 1 rings (SSSR count). The number of rotatable bonds is 5. The van der Waals surface area contributed by atoms with Crippen LogP contribution in [0, 0.1) is 0 Å². The van der Waals surface area contributed by atoms with Crippen molar-refractivity contribution in [3.63, 3.8) is 0 Å². The SMILES string of the molecule is CN(CCCC(=O)O)C(=O)NC1CCCCC1N. The van der Waals surface area contributed by atoms with Gasteiger partial charge in [-0.05, 0) is 19.3 Å². The highest BCUT2D eigenvalue weighted by Crippen LogP contribution is 2.16. The van der Waals surface area contributed by atoms with E-state index in [9.17, 15) is 9.59 Å². The molecule has 0 aliphatic heterocycles. The number of amides is 2. The maximum absolute atomic E-state index is 11.8. The average molecular weight is 257 g/mol. The van der Waals surface area contributed by atoms with Gasteiger partial charge in [0.15, 0.2) is 0 Å². The van der Waals surface area contributed by atoms with Crippen LogP contribution in [0.2, 0.25) is 0 Å². The van der Waals surface area contributed by atoms with Gasteiger partial charge in [-0.3, -0.25) is 4.79 Å². The molecular weight excluding hydrogens is 234 g/mol. The number of nitrogens with one attached hydrogen (secondary N) is 1. The summed E-state index contributed by atoms with van der Waals surface area (Å²) < 4.78 is 0. The fraction of sp³-hybridized carbons (Fsp3) is 0.833. The molecule has 6 nitrogen and oxygen atoms in total. The van der Waals surface area contributed by atoms with E-state index < -0.39 is 5.97 Å². The first-order valence-electron chi connectivity index (χ1n) is 6.49. The number of nitrogens with zero attached hydrogens (tertiary/aromatic N) is 1. The van der Waals surface area contributed by atoms with Crippen molar-refractivity contribution < 1.29 is 14.7 Å². The Kier molecular flexibility index (Phi) is 5.91. The fourth-order valence-corrected chi connectivity index (χ4v) is 2.18. The Hall–Kier alpha value is -1.30. The van der Waals surface area contributed by atoms with Crippen molar-refractivity contribution in [3.8, 4) is 0 Å². The van der Waals surface area contributed by atoms with Crippen LogP contribution in [-0.2, 0) is 4.79 Å². The summed E-state index contributed by atoms with van der Waals surface area (Å²) in [5.74, 6) is -0.835. The first kappa shape index (κ1) is 14.8. The molecule has 0 heterocycles. The second kappa shape index (κ2) is 7.20. The van der Waals surface area contributed by atoms with Gasteiger partial charge < -0.3 is 21.1 Å². The van der Waals surface area contributed by atoms with Crippen LogP contribution in [0.15, 0.2) is 0 Å². The van der Waals surface area contributed by atoms with Gasteiger partial charge in [0.05, 0.1) is 0 Å². The standard InChI is InChI=1S/C12H23N3O3/c1-15(8-4-7-11(16)17)12(18)14-10-6-3-2-5-9(10)13/h9-10H,2-8,13H2,1H3,(H,14,18)(H,16,17). The van der Waals surface area contributed by atoms with Crippen LogP contribution in [0.3, 0.4) is 0 Å². The summed E-state index contributed by atoms with van der Waals surface area (Å²) in [5.41, 5.74) is 5.96. The van der Waals surface area contributed by atoms with Crippen LogP contribution >= 0.6 is 0 Å². The molecule has 2 amide bonds. The molecule has 2 unspecified atom stereocenters. The minimum absolute atomic E-state index is 0.0371. The predicted molar refractivity (Wildman–Crippen MR) is 68.3 cm³/mol. The summed E-state index contributed by atoms with van der Waals surface area (Å²) in [4.78, 5) is 23.7. The van der Waals surface area contributed by atoms with Gasteiger partial charge in [-0.1, -0.05) is 12.8 Å². The number of hydrogen-bond donors (Lipinski definition) is 3. The zero-order chi connectivity index (χ0) is 13.5. The van der Waals surface area contributed by atoms with Crippen LogP contribution in [0.25, 0.3) is 0 Å². The maximum atomic E-state index is 11.8. The summed E-state index contributed by atoms with van der Waals surface area (Å²) in [6.07, 6.45) is 4.66. The van der Waals surface area contributed by atoms with Gasteiger partial charge in [0.2, 0.25) is 0 Å². The normalized spacial score (nSPS) is 23.4. The third kappa shape index (κ3) is 4.91. The second-order valence-electron chi connectivity index (χ2n) is 4.92. The number of urea groups is 1. The van der Waals surface area contributed by atoms with Crippen LogP contribution in [0.1, 0.15) is 38.5 Å². The monoisotopic (exact) mass is 257 g/mol. The molecule has 0 aromatic carbocycles. The van der Waals surface area contributed by atoms with Crippen molar-refractivity contribution >= 4 is 12.0 Å². The fourth-order valence-electron chi connectivity index (χ4n) is 2.18. The Labute approximate surface area is 108 Å². The number of hydrogen-bond acceptors (Lipinski definition) is 3. The molecule has 104 valence electrons. The molecule has 2 atom stereocenters. The van der Waals surface area contributed by atoms with Gasteiger partial charge in [0.1, 0.15) is 0 Å². The first-order valence-corrected chi connectivity index (χ1v) is 6.49. The first-order chi connectivity index (χ1) is 8.50. The molecule has 0 aromatic heterocycles. The highest BCUT2D eigenvalue weighted by molar-refractivity contribution is 5.74. The third-order valence-electron chi connectivity index (χ3n) is 3.36. The quantitative estimate of drug-likeness (QED) is 0.677. The number of nitrogens with two attached hydrogens (primary N) is 1. The molecule has 1 aliphatic rings. The van der Waals surface area contributed by atoms with Crippen molar-refractivity contribution in [2.75, 3.05) is 13.6 Å². The maximum Gasteiger partial charge on any atom is 0.317 e. The van der Waals surface area contributed by atoms with Crippen molar-refractivity contribution in [2.24, 2.45) is 5.73 Å². The molecule has 1 saturated carbocycles. The van der Waals surface area contributed by atoms with E-state index in [1.54, 1.807) is 7.05 Å². The molecule has 0 radical (unpaired) electrons. The van der Waals surface area contributed by atoms with Crippen LogP contribution < -0.4 is 11.1 Å². The Balaban J connectivity index is 2.28. The summed E-state index contributed by atoms with van der Waals surface area (Å²) in [6.45, 7) is 0.445. The zero-order valence-corrected chi connectivity index (χ0v) is 10.9. The number of carbonyl (C=O) groups is 2. The van der Waals surface area contributed by atoms with E-state index in [4.69, 9.17) is 10.8 Å². The lowest BCUT2D eigenvalue weighted by atomic mass is 9.91. The molecule has 1 fully saturated rings. The van der Waals surface area contributed by atoms with Gasteiger partial charge in [-0.2, -0.15) is 0 Å². The lowest BCUT2D eigenvalue weighted by Crippen LogP contribution is -2.52. The molecule has 0 spiro atoms. The number of carboxylic acids is 1. The predicted octanol–water partition coefficient (Wildman–Crippen LogP) is 0.763. The lowest BCUT2D eigenvalue weighted by Gasteiger charge is -2.31. The van der Waals surface area contributed by atoms with Crippen LogP contribution in [0.4, 0.5) is 4.79 Å². The molecule has 18 heavy (non-hydrogen) atoms. The Morgan fingerprint density at radius 1 is 1.39 bits per heavy atom. The summed E-state index contributed by atoms with van der Waals surface area (Å²) >= 11 is 0. The van der Waals surface area contributed by atoms with Gasteiger partial charge in [0.25, 0.3) is 0 Å². The van der Waals surface area contributed by atoms with Crippen LogP contribution in [0.5, 0.6) is 0 Å². The highest BCUT2D eigenvalue weighted by Gasteiger charge is 2.24. The minimum Gasteiger partial charge on any atom is -0.481 e. The van der Waals surface area contributed by atoms with E-state index >= 15 is 0 Å². The molecule has 0 bridgehead atoms. The largest absolute Gasteiger partial charge is 0.481 e. The average Bonchev–Trinajstić information content (AvgIpc) is 2.31. The summed E-state index contributed by atoms with van der Waals surface area (Å²) in [7, 11) is 1.67. The molecule has 6 heteroatoms. The highest BCUT2D eigenvalue weighted by atomic mass is 16.4. The lowest BCUT2D eigenvalue weighted by molar-refractivity contribution is -0.137. The Morgan fingerprint density at radius 3 is 2.67 bits per heavy atom.